The molecule has 3 aromatic carbocycles. The van der Waals surface area contributed by atoms with Gasteiger partial charge >= 0.3 is 0 Å². The number of hydrogen-bond donors (Lipinski definition) is 0. The van der Waals surface area contributed by atoms with Gasteiger partial charge in [0.1, 0.15) is 0 Å². The van der Waals surface area contributed by atoms with Crippen molar-refractivity contribution in [1.82, 2.24) is 0 Å². The van der Waals surface area contributed by atoms with Crippen molar-refractivity contribution in [3.8, 4) is 0 Å². The zero-order valence-electron chi connectivity index (χ0n) is 13.4. The topological polar surface area (TPSA) is 0 Å². The van der Waals surface area contributed by atoms with Gasteiger partial charge in [-0.1, -0.05) is 80.6 Å². The fourth-order valence-corrected chi connectivity index (χ4v) is 7.28. The molecule has 1 unspecified atom stereocenters. The molecule has 0 aliphatic rings. The molecule has 1 aromatic heterocycles. The van der Waals surface area contributed by atoms with Crippen LogP contribution in [0.1, 0.15) is 13.8 Å². The van der Waals surface area contributed by atoms with Crippen molar-refractivity contribution in [2.45, 2.75) is 19.5 Å². The molecule has 0 saturated heterocycles. The summed E-state index contributed by atoms with van der Waals surface area (Å²) in [7, 11) is -0.336. The Kier molecular flexibility index (Phi) is 3.93. The van der Waals surface area contributed by atoms with Gasteiger partial charge in [-0.15, -0.1) is 11.3 Å². The fourth-order valence-electron chi connectivity index (χ4n) is 3.23. The molecule has 0 aliphatic heterocycles. The monoisotopic (exact) mass is 334 g/mol. The summed E-state index contributed by atoms with van der Waals surface area (Å²) in [4.78, 5) is 0. The summed E-state index contributed by atoms with van der Waals surface area (Å²) < 4.78 is 2.86. The van der Waals surface area contributed by atoms with Gasteiger partial charge in [0.2, 0.25) is 0 Å². The Balaban J connectivity index is 2.00. The van der Waals surface area contributed by atoms with E-state index in [1.54, 1.807) is 0 Å². The SMILES string of the molecule is CC(C)P(c1ccccc1)c1cccc2c1sc1ccccc12. The van der Waals surface area contributed by atoms with Crippen molar-refractivity contribution < 1.29 is 0 Å². The lowest BCUT2D eigenvalue weighted by atomic mass is 10.1. The quantitative estimate of drug-likeness (QED) is 0.409. The zero-order valence-corrected chi connectivity index (χ0v) is 15.1. The highest BCUT2D eigenvalue weighted by Crippen LogP contribution is 2.44. The van der Waals surface area contributed by atoms with Gasteiger partial charge in [-0.05, 0) is 30.3 Å². The fraction of sp³-hybridized carbons (Fsp3) is 0.143. The standard InChI is InChI=1S/C21H19PS/c1-15(2)22(16-9-4-3-5-10-16)19-13-8-12-18-17-11-6-7-14-20(17)23-21(18)19/h3-15H,1-2H3. The summed E-state index contributed by atoms with van der Waals surface area (Å²) in [5.41, 5.74) is 0.628. The van der Waals surface area contributed by atoms with E-state index in [1.165, 1.54) is 30.8 Å². The first-order valence-electron chi connectivity index (χ1n) is 8.00. The maximum Gasteiger partial charge on any atom is 0.0435 e. The molecule has 0 spiro atoms. The van der Waals surface area contributed by atoms with Gasteiger partial charge in [0, 0.05) is 20.2 Å². The molecule has 0 radical (unpaired) electrons. The Morgan fingerprint density at radius 3 is 2.22 bits per heavy atom. The van der Waals surface area contributed by atoms with Crippen molar-refractivity contribution in [3.63, 3.8) is 0 Å². The van der Waals surface area contributed by atoms with Crippen molar-refractivity contribution in [1.29, 1.82) is 0 Å². The third-order valence-corrected chi connectivity index (χ3v) is 8.34. The molecule has 4 rings (SSSR count). The molecular formula is C21H19PS. The predicted molar refractivity (Wildman–Crippen MR) is 107 cm³/mol. The second-order valence-corrected chi connectivity index (χ2v) is 9.87. The van der Waals surface area contributed by atoms with Crippen molar-refractivity contribution in [2.24, 2.45) is 0 Å². The molecule has 0 bridgehead atoms. The number of rotatable bonds is 3. The number of thiophene rings is 1. The minimum Gasteiger partial charge on any atom is -0.135 e. The van der Waals surface area contributed by atoms with Crippen LogP contribution in [0.2, 0.25) is 0 Å². The summed E-state index contributed by atoms with van der Waals surface area (Å²) in [6.45, 7) is 4.70. The van der Waals surface area contributed by atoms with Gasteiger partial charge in [0.15, 0.2) is 0 Å². The molecule has 23 heavy (non-hydrogen) atoms. The average Bonchev–Trinajstić information content (AvgIpc) is 2.95. The number of hydrogen-bond acceptors (Lipinski definition) is 1. The minimum atomic E-state index is -0.336. The molecule has 0 amide bonds. The smallest absolute Gasteiger partial charge is 0.0435 e. The van der Waals surface area contributed by atoms with Gasteiger partial charge in [0.05, 0.1) is 0 Å². The lowest BCUT2D eigenvalue weighted by Crippen LogP contribution is -2.17. The van der Waals surface area contributed by atoms with E-state index in [9.17, 15) is 0 Å². The molecule has 0 aliphatic carbocycles. The largest absolute Gasteiger partial charge is 0.135 e. The van der Waals surface area contributed by atoms with E-state index in [0.29, 0.717) is 5.66 Å². The van der Waals surface area contributed by atoms with Crippen molar-refractivity contribution in [2.75, 3.05) is 0 Å². The van der Waals surface area contributed by atoms with E-state index in [1.807, 2.05) is 11.3 Å². The van der Waals surface area contributed by atoms with Crippen LogP contribution in [0.4, 0.5) is 0 Å². The summed E-state index contributed by atoms with van der Waals surface area (Å²) in [5.74, 6) is 0. The van der Waals surface area contributed by atoms with E-state index in [-0.39, 0.29) is 7.92 Å². The van der Waals surface area contributed by atoms with Crippen LogP contribution in [-0.2, 0) is 0 Å². The Morgan fingerprint density at radius 1 is 0.739 bits per heavy atom. The zero-order chi connectivity index (χ0) is 15.8. The minimum absolute atomic E-state index is 0.336. The summed E-state index contributed by atoms with van der Waals surface area (Å²) in [6.07, 6.45) is 0. The van der Waals surface area contributed by atoms with Gasteiger partial charge in [0.25, 0.3) is 0 Å². The van der Waals surface area contributed by atoms with Crippen LogP contribution in [0.25, 0.3) is 20.2 Å². The molecule has 114 valence electrons. The molecule has 0 saturated carbocycles. The maximum atomic E-state index is 2.35. The molecule has 4 aromatic rings. The molecule has 0 fully saturated rings. The normalized spacial score (nSPS) is 13.0. The molecule has 0 nitrogen and oxygen atoms in total. The first kappa shape index (κ1) is 14.9. The van der Waals surface area contributed by atoms with Crippen LogP contribution in [0.3, 0.4) is 0 Å². The lowest BCUT2D eigenvalue weighted by Gasteiger charge is -2.23. The highest BCUT2D eigenvalue weighted by atomic mass is 32.1. The van der Waals surface area contributed by atoms with E-state index in [2.05, 4.69) is 86.6 Å². The maximum absolute atomic E-state index is 2.35. The van der Waals surface area contributed by atoms with Gasteiger partial charge in [-0.3, -0.25) is 0 Å². The Morgan fingerprint density at radius 2 is 1.43 bits per heavy atom. The predicted octanol–water partition coefficient (Wildman–Crippen LogP) is 5.90. The summed E-state index contributed by atoms with van der Waals surface area (Å²) >= 11 is 1.94. The van der Waals surface area contributed by atoms with Crippen molar-refractivity contribution in [3.05, 3.63) is 72.8 Å². The summed E-state index contributed by atoms with van der Waals surface area (Å²) in [6, 6.07) is 26.6. The van der Waals surface area contributed by atoms with Gasteiger partial charge in [-0.25, -0.2) is 0 Å². The average molecular weight is 334 g/mol. The van der Waals surface area contributed by atoms with Gasteiger partial charge in [-0.2, -0.15) is 0 Å². The van der Waals surface area contributed by atoms with Crippen LogP contribution in [0.15, 0.2) is 72.8 Å². The molecule has 0 N–H and O–H groups in total. The van der Waals surface area contributed by atoms with E-state index in [4.69, 9.17) is 0 Å². The second-order valence-electron chi connectivity index (χ2n) is 6.05. The van der Waals surface area contributed by atoms with E-state index < -0.39 is 0 Å². The Hall–Kier alpha value is -1.69. The summed E-state index contributed by atoms with van der Waals surface area (Å²) in [5, 5.41) is 5.80. The Bertz CT molecular complexity index is 953. The first-order valence-corrected chi connectivity index (χ1v) is 10.2. The number of benzene rings is 3. The van der Waals surface area contributed by atoms with E-state index >= 15 is 0 Å². The molecule has 2 heteroatoms. The van der Waals surface area contributed by atoms with Crippen molar-refractivity contribution >= 4 is 50.0 Å². The highest BCUT2D eigenvalue weighted by Gasteiger charge is 2.21. The lowest BCUT2D eigenvalue weighted by molar-refractivity contribution is 1.10. The third-order valence-electron chi connectivity index (χ3n) is 4.19. The van der Waals surface area contributed by atoms with Crippen LogP contribution in [0.5, 0.6) is 0 Å². The molecular weight excluding hydrogens is 315 g/mol. The molecule has 1 heterocycles. The van der Waals surface area contributed by atoms with Crippen LogP contribution < -0.4 is 10.6 Å². The highest BCUT2D eigenvalue weighted by molar-refractivity contribution is 7.74. The third kappa shape index (κ3) is 2.59. The molecule has 1 atom stereocenters. The van der Waals surface area contributed by atoms with Gasteiger partial charge < -0.3 is 0 Å². The van der Waals surface area contributed by atoms with E-state index in [0.717, 1.165) is 0 Å². The number of fused-ring (bicyclic) bond motifs is 3. The van der Waals surface area contributed by atoms with Crippen LogP contribution in [-0.4, -0.2) is 5.66 Å². The van der Waals surface area contributed by atoms with Crippen LogP contribution >= 0.6 is 19.3 Å². The van der Waals surface area contributed by atoms with Crippen LogP contribution in [0, 0.1) is 0 Å². The Labute approximate surface area is 142 Å². The first-order chi connectivity index (χ1) is 11.3. The second kappa shape index (κ2) is 6.07.